The van der Waals surface area contributed by atoms with Crippen LogP contribution in [0.15, 0.2) is 12.4 Å². The molecule has 0 atom stereocenters. The van der Waals surface area contributed by atoms with Crippen LogP contribution < -0.4 is 10.6 Å². The third kappa shape index (κ3) is 2.50. The SMILES string of the molecule is CC(C)Cc1cc(N2CC(CN)C2)ncn1. The summed E-state index contributed by atoms with van der Waals surface area (Å²) in [5.74, 6) is 2.33. The molecule has 0 saturated carbocycles. The molecule has 1 fully saturated rings. The quantitative estimate of drug-likeness (QED) is 0.824. The van der Waals surface area contributed by atoms with Gasteiger partial charge >= 0.3 is 0 Å². The molecular formula is C12H20N4. The zero-order valence-electron chi connectivity index (χ0n) is 10.1. The summed E-state index contributed by atoms with van der Waals surface area (Å²) in [6, 6.07) is 2.10. The highest BCUT2D eigenvalue weighted by atomic mass is 15.2. The molecule has 16 heavy (non-hydrogen) atoms. The van der Waals surface area contributed by atoms with Crippen LogP contribution in [0.25, 0.3) is 0 Å². The number of nitrogens with zero attached hydrogens (tertiary/aromatic N) is 3. The Morgan fingerprint density at radius 3 is 2.81 bits per heavy atom. The van der Waals surface area contributed by atoms with E-state index in [2.05, 4.69) is 34.8 Å². The molecule has 2 heterocycles. The Balaban J connectivity index is 2.00. The van der Waals surface area contributed by atoms with E-state index in [0.29, 0.717) is 11.8 Å². The Kier molecular flexibility index (Phi) is 3.39. The smallest absolute Gasteiger partial charge is 0.132 e. The predicted molar refractivity (Wildman–Crippen MR) is 65.3 cm³/mol. The number of hydrogen-bond donors (Lipinski definition) is 1. The van der Waals surface area contributed by atoms with E-state index in [4.69, 9.17) is 5.73 Å². The van der Waals surface area contributed by atoms with Gasteiger partial charge < -0.3 is 10.6 Å². The van der Waals surface area contributed by atoms with Gasteiger partial charge in [-0.1, -0.05) is 13.8 Å². The van der Waals surface area contributed by atoms with Gasteiger partial charge in [0.25, 0.3) is 0 Å². The van der Waals surface area contributed by atoms with Gasteiger partial charge in [-0.25, -0.2) is 9.97 Å². The Bertz CT molecular complexity index is 345. The van der Waals surface area contributed by atoms with Gasteiger partial charge in [0.2, 0.25) is 0 Å². The van der Waals surface area contributed by atoms with Crippen molar-refractivity contribution >= 4 is 5.82 Å². The van der Waals surface area contributed by atoms with Crippen LogP contribution in [0, 0.1) is 11.8 Å². The molecule has 2 rings (SSSR count). The van der Waals surface area contributed by atoms with Gasteiger partial charge in [0.05, 0.1) is 0 Å². The largest absolute Gasteiger partial charge is 0.356 e. The van der Waals surface area contributed by atoms with Gasteiger partial charge in [-0.15, -0.1) is 0 Å². The molecule has 1 saturated heterocycles. The molecule has 0 radical (unpaired) electrons. The number of aromatic nitrogens is 2. The number of nitrogens with two attached hydrogens (primary N) is 1. The molecule has 4 heteroatoms. The fraction of sp³-hybridized carbons (Fsp3) is 0.667. The van der Waals surface area contributed by atoms with Gasteiger partial charge in [-0.3, -0.25) is 0 Å². The van der Waals surface area contributed by atoms with Crippen molar-refractivity contribution in [2.45, 2.75) is 20.3 Å². The number of rotatable bonds is 4. The standard InChI is InChI=1S/C12H20N4/c1-9(2)3-11-4-12(15-8-14-11)16-6-10(5-13)7-16/h4,8-10H,3,5-7,13H2,1-2H3. The second-order valence-corrected chi connectivity index (χ2v) is 4.97. The van der Waals surface area contributed by atoms with Crippen LogP contribution in [-0.4, -0.2) is 29.6 Å². The molecule has 0 spiro atoms. The first-order valence-corrected chi connectivity index (χ1v) is 5.95. The van der Waals surface area contributed by atoms with Crippen molar-refractivity contribution in [2.24, 2.45) is 17.6 Å². The summed E-state index contributed by atoms with van der Waals surface area (Å²) < 4.78 is 0. The summed E-state index contributed by atoms with van der Waals surface area (Å²) in [6.07, 6.45) is 2.69. The Morgan fingerprint density at radius 2 is 2.19 bits per heavy atom. The van der Waals surface area contributed by atoms with Crippen LogP contribution >= 0.6 is 0 Å². The van der Waals surface area contributed by atoms with E-state index in [-0.39, 0.29) is 0 Å². The zero-order valence-corrected chi connectivity index (χ0v) is 10.1. The molecule has 1 aliphatic heterocycles. The summed E-state index contributed by atoms with van der Waals surface area (Å²) in [5, 5.41) is 0. The summed E-state index contributed by atoms with van der Waals surface area (Å²) in [4.78, 5) is 10.9. The highest BCUT2D eigenvalue weighted by molar-refractivity contribution is 5.42. The first kappa shape index (κ1) is 11.3. The first-order valence-electron chi connectivity index (χ1n) is 5.95. The van der Waals surface area contributed by atoms with Gasteiger partial charge in [0, 0.05) is 30.8 Å². The topological polar surface area (TPSA) is 55.0 Å². The maximum atomic E-state index is 5.61. The average Bonchev–Trinajstić information content (AvgIpc) is 2.15. The summed E-state index contributed by atoms with van der Waals surface area (Å²) in [6.45, 7) is 7.26. The van der Waals surface area contributed by atoms with E-state index in [1.54, 1.807) is 6.33 Å². The second kappa shape index (κ2) is 4.78. The third-order valence-corrected chi connectivity index (χ3v) is 2.94. The van der Waals surface area contributed by atoms with Gasteiger partial charge in [-0.05, 0) is 18.9 Å². The molecule has 1 aliphatic rings. The van der Waals surface area contributed by atoms with Crippen molar-refractivity contribution in [2.75, 3.05) is 24.5 Å². The van der Waals surface area contributed by atoms with Crippen molar-refractivity contribution in [1.29, 1.82) is 0 Å². The molecule has 0 amide bonds. The lowest BCUT2D eigenvalue weighted by atomic mass is 10.0. The Morgan fingerprint density at radius 1 is 1.44 bits per heavy atom. The van der Waals surface area contributed by atoms with Crippen LogP contribution in [0.1, 0.15) is 19.5 Å². The maximum Gasteiger partial charge on any atom is 0.132 e. The summed E-state index contributed by atoms with van der Waals surface area (Å²) in [5.41, 5.74) is 6.75. The van der Waals surface area contributed by atoms with Gasteiger partial charge in [0.15, 0.2) is 0 Å². The molecule has 1 aromatic rings. The highest BCUT2D eigenvalue weighted by Gasteiger charge is 2.26. The molecule has 4 nitrogen and oxygen atoms in total. The van der Waals surface area contributed by atoms with Crippen molar-refractivity contribution in [3.05, 3.63) is 18.1 Å². The molecule has 2 N–H and O–H groups in total. The lowest BCUT2D eigenvalue weighted by Crippen LogP contribution is -2.50. The van der Waals surface area contributed by atoms with Crippen LogP contribution in [-0.2, 0) is 6.42 Å². The normalized spacial score (nSPS) is 16.6. The van der Waals surface area contributed by atoms with E-state index in [1.165, 1.54) is 0 Å². The average molecular weight is 220 g/mol. The maximum absolute atomic E-state index is 5.61. The third-order valence-electron chi connectivity index (χ3n) is 2.94. The lowest BCUT2D eigenvalue weighted by Gasteiger charge is -2.39. The van der Waals surface area contributed by atoms with Gasteiger partial charge in [0.1, 0.15) is 12.1 Å². The molecule has 0 bridgehead atoms. The minimum atomic E-state index is 0.635. The monoisotopic (exact) mass is 220 g/mol. The summed E-state index contributed by atoms with van der Waals surface area (Å²) >= 11 is 0. The molecule has 0 unspecified atom stereocenters. The van der Waals surface area contributed by atoms with Crippen molar-refractivity contribution in [3.8, 4) is 0 Å². The molecule has 0 aromatic carbocycles. The zero-order chi connectivity index (χ0) is 11.5. The van der Waals surface area contributed by atoms with Gasteiger partial charge in [-0.2, -0.15) is 0 Å². The fourth-order valence-electron chi connectivity index (χ4n) is 1.99. The second-order valence-electron chi connectivity index (χ2n) is 4.97. The van der Waals surface area contributed by atoms with Crippen molar-refractivity contribution in [3.63, 3.8) is 0 Å². The minimum absolute atomic E-state index is 0.635. The van der Waals surface area contributed by atoms with E-state index < -0.39 is 0 Å². The van der Waals surface area contributed by atoms with E-state index in [0.717, 1.165) is 37.6 Å². The highest BCUT2D eigenvalue weighted by Crippen LogP contribution is 2.22. The predicted octanol–water partition coefficient (Wildman–Crippen LogP) is 1.07. The Hall–Kier alpha value is -1.16. The summed E-state index contributed by atoms with van der Waals surface area (Å²) in [7, 11) is 0. The van der Waals surface area contributed by atoms with Crippen LogP contribution in [0.3, 0.4) is 0 Å². The van der Waals surface area contributed by atoms with Crippen LogP contribution in [0.5, 0.6) is 0 Å². The van der Waals surface area contributed by atoms with Crippen LogP contribution in [0.2, 0.25) is 0 Å². The molecule has 0 aliphatic carbocycles. The van der Waals surface area contributed by atoms with E-state index in [1.807, 2.05) is 0 Å². The molecule has 1 aromatic heterocycles. The number of hydrogen-bond acceptors (Lipinski definition) is 4. The fourth-order valence-corrected chi connectivity index (χ4v) is 1.99. The Labute approximate surface area is 96.9 Å². The minimum Gasteiger partial charge on any atom is -0.356 e. The van der Waals surface area contributed by atoms with Crippen molar-refractivity contribution in [1.82, 2.24) is 9.97 Å². The van der Waals surface area contributed by atoms with E-state index in [9.17, 15) is 0 Å². The molecule has 88 valence electrons. The first-order chi connectivity index (χ1) is 7.69. The number of anilines is 1. The lowest BCUT2D eigenvalue weighted by molar-refractivity contribution is 0.416. The molecular weight excluding hydrogens is 200 g/mol. The van der Waals surface area contributed by atoms with E-state index >= 15 is 0 Å². The van der Waals surface area contributed by atoms with Crippen LogP contribution in [0.4, 0.5) is 5.82 Å². The van der Waals surface area contributed by atoms with Crippen molar-refractivity contribution < 1.29 is 0 Å².